The number of hydrogen-bond donors (Lipinski definition) is 4. The predicted molar refractivity (Wildman–Crippen MR) is 164 cm³/mol. The maximum absolute atomic E-state index is 14.0. The molecule has 6 rings (SSSR count). The Labute approximate surface area is 252 Å². The SMILES string of the molecule is C#Cc1cnc2c(Cl)cc(N[C@H](C3=CN(C4(C(F)(F)F)CC4)NN3)c3cccc4cn(C)nc34)cc2c1NCC(C)(C)C. The van der Waals surface area contributed by atoms with E-state index in [1.165, 1.54) is 6.20 Å². The van der Waals surface area contributed by atoms with Gasteiger partial charge in [-0.3, -0.25) is 14.7 Å². The smallest absolute Gasteiger partial charge is 0.383 e. The highest BCUT2D eigenvalue weighted by Gasteiger charge is 2.67. The topological polar surface area (TPSA) is 82.1 Å². The highest BCUT2D eigenvalue weighted by atomic mass is 35.5. The van der Waals surface area contributed by atoms with Gasteiger partial charge in [-0.15, -0.1) is 12.0 Å². The summed E-state index contributed by atoms with van der Waals surface area (Å²) < 4.78 is 43.6. The Morgan fingerprint density at radius 1 is 1.19 bits per heavy atom. The van der Waals surface area contributed by atoms with E-state index < -0.39 is 17.8 Å². The monoisotopic (exact) mass is 608 g/mol. The van der Waals surface area contributed by atoms with Crippen LogP contribution in [0.4, 0.5) is 24.5 Å². The van der Waals surface area contributed by atoms with Crippen LogP contribution in [0.1, 0.15) is 50.8 Å². The van der Waals surface area contributed by atoms with Crippen molar-refractivity contribution in [3.63, 3.8) is 0 Å². The van der Waals surface area contributed by atoms with Crippen LogP contribution in [-0.2, 0) is 7.05 Å². The molecule has 0 amide bonds. The second-order valence-corrected chi connectivity index (χ2v) is 12.8. The fourth-order valence-corrected chi connectivity index (χ4v) is 5.66. The van der Waals surface area contributed by atoms with E-state index in [4.69, 9.17) is 18.0 Å². The van der Waals surface area contributed by atoms with Crippen LogP contribution in [-0.4, -0.2) is 38.0 Å². The van der Waals surface area contributed by atoms with Gasteiger partial charge in [-0.05, 0) is 30.4 Å². The molecule has 1 aliphatic carbocycles. The summed E-state index contributed by atoms with van der Waals surface area (Å²) in [5, 5.41) is 14.8. The van der Waals surface area contributed by atoms with Gasteiger partial charge in [0.15, 0.2) is 5.54 Å². The maximum Gasteiger partial charge on any atom is 0.413 e. The van der Waals surface area contributed by atoms with Crippen LogP contribution in [0.3, 0.4) is 0 Å². The largest absolute Gasteiger partial charge is 0.413 e. The van der Waals surface area contributed by atoms with E-state index in [1.54, 1.807) is 16.9 Å². The number of nitrogens with one attached hydrogen (secondary N) is 4. The van der Waals surface area contributed by atoms with Gasteiger partial charge in [-0.25, -0.2) is 0 Å². The summed E-state index contributed by atoms with van der Waals surface area (Å²) in [5.74, 6) is 2.71. The van der Waals surface area contributed by atoms with Crippen molar-refractivity contribution in [3.8, 4) is 12.3 Å². The number of alkyl halides is 3. The third-order valence-corrected chi connectivity index (χ3v) is 8.08. The number of aromatic nitrogens is 3. The zero-order valence-electron chi connectivity index (χ0n) is 24.2. The van der Waals surface area contributed by atoms with Crippen LogP contribution in [0.2, 0.25) is 5.02 Å². The lowest BCUT2D eigenvalue weighted by Gasteiger charge is -2.28. The molecule has 8 nitrogen and oxygen atoms in total. The molecular weight excluding hydrogens is 577 g/mol. The number of rotatable bonds is 7. The fourth-order valence-electron chi connectivity index (χ4n) is 5.39. The molecule has 0 spiro atoms. The summed E-state index contributed by atoms with van der Waals surface area (Å²) in [6.45, 7) is 7.00. The molecule has 0 bridgehead atoms. The van der Waals surface area contributed by atoms with Gasteiger partial charge >= 0.3 is 6.18 Å². The van der Waals surface area contributed by atoms with E-state index >= 15 is 0 Å². The van der Waals surface area contributed by atoms with Crippen molar-refractivity contribution < 1.29 is 13.2 Å². The van der Waals surface area contributed by atoms with E-state index in [0.29, 0.717) is 34.0 Å². The molecule has 43 heavy (non-hydrogen) atoms. The molecule has 1 aliphatic heterocycles. The van der Waals surface area contributed by atoms with E-state index in [9.17, 15) is 13.2 Å². The third kappa shape index (κ3) is 5.30. The summed E-state index contributed by atoms with van der Waals surface area (Å²) in [6, 6.07) is 8.79. The van der Waals surface area contributed by atoms with Gasteiger partial charge in [0.2, 0.25) is 0 Å². The Balaban J connectivity index is 1.46. The number of halogens is 4. The standard InChI is InChI=1S/C31H32ClF3N8/c1-6-18-14-36-27-22(25(18)37-17-29(2,3)4)12-20(13-23(27)32)38-28(21-9-7-8-19-15-42(5)40-26(19)21)24-16-43(41-39-24)30(10-11-30)31(33,34)35/h1,7-9,12-16,28,38-39,41H,10-11,17H2,2-5H3,(H,36,37)/t28-/m0/s1. The number of terminal acetylenes is 1. The van der Waals surface area contributed by atoms with Gasteiger partial charge in [-0.1, -0.05) is 56.5 Å². The molecule has 4 aromatic rings. The summed E-state index contributed by atoms with van der Waals surface area (Å²) in [6.07, 6.45) is 6.48. The molecule has 0 saturated heterocycles. The van der Waals surface area contributed by atoms with Gasteiger partial charge in [0.05, 0.1) is 39.0 Å². The van der Waals surface area contributed by atoms with E-state index in [2.05, 4.69) is 58.4 Å². The lowest BCUT2D eigenvalue weighted by molar-refractivity contribution is -0.195. The van der Waals surface area contributed by atoms with Crippen LogP contribution in [0.25, 0.3) is 21.8 Å². The van der Waals surface area contributed by atoms with Gasteiger partial charge in [-0.2, -0.15) is 18.3 Å². The van der Waals surface area contributed by atoms with Crippen LogP contribution < -0.4 is 21.6 Å². The Bertz CT molecular complexity index is 1790. The first-order valence-corrected chi connectivity index (χ1v) is 14.3. The van der Waals surface area contributed by atoms with E-state index in [-0.39, 0.29) is 18.3 Å². The number of benzene rings is 2. The molecule has 224 valence electrons. The summed E-state index contributed by atoms with van der Waals surface area (Å²) in [4.78, 5) is 4.52. The van der Waals surface area contributed by atoms with E-state index in [0.717, 1.165) is 32.5 Å². The van der Waals surface area contributed by atoms with Crippen molar-refractivity contribution in [3.05, 3.63) is 70.8 Å². The molecule has 2 aromatic heterocycles. The number of fused-ring (bicyclic) bond motifs is 2. The highest BCUT2D eigenvalue weighted by molar-refractivity contribution is 6.35. The number of hydrazine groups is 2. The number of anilines is 2. The minimum absolute atomic E-state index is 0.0119. The Morgan fingerprint density at radius 3 is 2.63 bits per heavy atom. The van der Waals surface area contributed by atoms with Gasteiger partial charge in [0.1, 0.15) is 0 Å². The minimum Gasteiger partial charge on any atom is -0.383 e. The molecule has 3 heterocycles. The first kappa shape index (κ1) is 29.0. The molecule has 1 fully saturated rings. The van der Waals surface area contributed by atoms with Crippen LogP contribution in [0, 0.1) is 17.8 Å². The van der Waals surface area contributed by atoms with E-state index in [1.807, 2.05) is 37.5 Å². The van der Waals surface area contributed by atoms with Crippen molar-refractivity contribution in [2.45, 2.75) is 51.4 Å². The maximum atomic E-state index is 14.0. The second-order valence-electron chi connectivity index (χ2n) is 12.3. The lowest BCUT2D eigenvalue weighted by Crippen LogP contribution is -2.52. The average molecular weight is 609 g/mol. The quantitative estimate of drug-likeness (QED) is 0.175. The van der Waals surface area contributed by atoms with Crippen LogP contribution in [0.5, 0.6) is 0 Å². The summed E-state index contributed by atoms with van der Waals surface area (Å²) in [7, 11) is 1.83. The van der Waals surface area contributed by atoms with Gasteiger partial charge in [0, 0.05) is 54.2 Å². The normalized spacial score (nSPS) is 17.0. The number of aryl methyl sites for hydroxylation is 1. The van der Waals surface area contributed by atoms with Crippen molar-refractivity contribution in [1.82, 2.24) is 30.7 Å². The van der Waals surface area contributed by atoms with Gasteiger partial charge in [0.25, 0.3) is 0 Å². The molecule has 1 atom stereocenters. The third-order valence-electron chi connectivity index (χ3n) is 7.79. The average Bonchev–Trinajstić information content (AvgIpc) is 3.46. The molecule has 12 heteroatoms. The molecule has 1 saturated carbocycles. The molecule has 0 unspecified atom stereocenters. The van der Waals surface area contributed by atoms with Gasteiger partial charge < -0.3 is 16.1 Å². The van der Waals surface area contributed by atoms with Crippen molar-refractivity contribution in [2.75, 3.05) is 17.2 Å². The first-order valence-electron chi connectivity index (χ1n) is 13.9. The Kier molecular flexibility index (Phi) is 6.90. The highest BCUT2D eigenvalue weighted by Crippen LogP contribution is 2.54. The van der Waals surface area contributed by atoms with Crippen molar-refractivity contribution in [2.24, 2.45) is 12.5 Å². The molecule has 0 radical (unpaired) electrons. The molecular formula is C31H32ClF3N8. The van der Waals surface area contributed by atoms with Crippen molar-refractivity contribution >= 4 is 44.8 Å². The number of nitrogens with zero attached hydrogens (tertiary/aromatic N) is 4. The minimum atomic E-state index is -4.39. The first-order chi connectivity index (χ1) is 20.3. The Hall–Kier alpha value is -4.14. The molecule has 2 aromatic carbocycles. The van der Waals surface area contributed by atoms with Crippen molar-refractivity contribution in [1.29, 1.82) is 0 Å². The Morgan fingerprint density at radius 2 is 1.95 bits per heavy atom. The predicted octanol–water partition coefficient (Wildman–Crippen LogP) is 6.63. The molecule has 4 N–H and O–H groups in total. The summed E-state index contributed by atoms with van der Waals surface area (Å²) in [5.41, 5.74) is 8.29. The number of hydrogen-bond acceptors (Lipinski definition) is 7. The zero-order chi connectivity index (χ0) is 30.7. The molecule has 2 aliphatic rings. The number of pyridine rings is 1. The lowest BCUT2D eigenvalue weighted by atomic mass is 9.96. The fraction of sp³-hybridized carbons (Fsp3) is 0.355. The zero-order valence-corrected chi connectivity index (χ0v) is 25.0. The van der Waals surface area contributed by atoms with Crippen LogP contribution >= 0.6 is 11.6 Å². The van der Waals surface area contributed by atoms with Crippen LogP contribution in [0.15, 0.2) is 54.6 Å². The summed E-state index contributed by atoms with van der Waals surface area (Å²) >= 11 is 6.78. The second kappa shape index (κ2) is 10.2.